The average molecular weight is 813 g/mol. The molecule has 47 heavy (non-hydrogen) atoms. The Morgan fingerprint density at radius 1 is 0.809 bits per heavy atom. The third-order valence-corrected chi connectivity index (χ3v) is 14.9. The summed E-state index contributed by atoms with van der Waals surface area (Å²) in [7, 11) is 8.03. The molecule has 1 aliphatic rings. The first-order chi connectivity index (χ1) is 21.5. The van der Waals surface area contributed by atoms with E-state index in [1.54, 1.807) is 5.20 Å². The summed E-state index contributed by atoms with van der Waals surface area (Å²) < 4.78 is 6.11. The van der Waals surface area contributed by atoms with Crippen LogP contribution < -0.4 is 19.7 Å². The molecule has 1 aliphatic carbocycles. The smallest absolute Gasteiger partial charge is 0.497 e. The second-order valence-corrected chi connectivity index (χ2v) is 18.7. The number of rotatable bonds is 7. The Labute approximate surface area is 319 Å². The summed E-state index contributed by atoms with van der Waals surface area (Å²) in [4.78, 5) is 4.12. The van der Waals surface area contributed by atoms with Crippen LogP contribution in [0.3, 0.4) is 0 Å². The van der Waals surface area contributed by atoms with Crippen LogP contribution in [0.2, 0.25) is 12.1 Å². The fourth-order valence-corrected chi connectivity index (χ4v) is 12.1. The van der Waals surface area contributed by atoms with Crippen molar-refractivity contribution in [3.63, 3.8) is 0 Å². The van der Waals surface area contributed by atoms with E-state index in [1.807, 2.05) is 71.7 Å². The Balaban J connectivity index is 0.000000429. The van der Waals surface area contributed by atoms with Gasteiger partial charge in [0.2, 0.25) is 0 Å². The van der Waals surface area contributed by atoms with Gasteiger partial charge in [0, 0.05) is 0 Å². The predicted octanol–water partition coefficient (Wildman–Crippen LogP) is 10.1. The van der Waals surface area contributed by atoms with Crippen molar-refractivity contribution in [2.24, 2.45) is 5.92 Å². The van der Waals surface area contributed by atoms with E-state index < -0.39 is 8.07 Å². The zero-order valence-corrected chi connectivity index (χ0v) is 34.4. The van der Waals surface area contributed by atoms with Crippen molar-refractivity contribution in [1.29, 1.82) is 0 Å². The van der Waals surface area contributed by atoms with Crippen LogP contribution in [0, 0.1) is 69.6 Å². The van der Waals surface area contributed by atoms with Crippen molar-refractivity contribution in [3.05, 3.63) is 119 Å². The maximum atomic E-state index is 6.11. The van der Waals surface area contributed by atoms with Gasteiger partial charge in [0.25, 0.3) is 0 Å². The van der Waals surface area contributed by atoms with Crippen LogP contribution in [-0.2, 0) is 5.41 Å². The van der Waals surface area contributed by atoms with Crippen molar-refractivity contribution in [1.82, 2.24) is 0 Å². The molecule has 0 N–H and O–H groups in total. The number of ether oxygens (including phenoxy) is 1. The van der Waals surface area contributed by atoms with Gasteiger partial charge >= 0.3 is 36.9 Å². The van der Waals surface area contributed by atoms with Gasteiger partial charge < -0.3 is 14.5 Å². The molecule has 0 heterocycles. The van der Waals surface area contributed by atoms with E-state index in [-0.39, 0.29) is 42.3 Å². The van der Waals surface area contributed by atoms with E-state index in [4.69, 9.17) is 4.74 Å². The molecule has 3 aromatic carbocycles. The van der Waals surface area contributed by atoms with E-state index in [2.05, 4.69) is 116 Å². The number of para-hydroxylation sites is 2. The molecular weight excluding hydrogens is 752 g/mol. The van der Waals surface area contributed by atoms with E-state index in [0.717, 1.165) is 16.9 Å². The van der Waals surface area contributed by atoms with E-state index in [9.17, 15) is 0 Å². The van der Waals surface area contributed by atoms with E-state index >= 15 is 0 Å². The number of benzene rings is 3. The van der Waals surface area contributed by atoms with Crippen LogP contribution in [0.5, 0.6) is 5.75 Å². The van der Waals surface area contributed by atoms with Crippen molar-refractivity contribution in [3.8, 4) is 5.75 Å². The Morgan fingerprint density at radius 3 is 1.55 bits per heavy atom. The van der Waals surface area contributed by atoms with Gasteiger partial charge in [-0.25, -0.2) is 11.1 Å². The van der Waals surface area contributed by atoms with Crippen molar-refractivity contribution in [2.45, 2.75) is 79.8 Å². The fourth-order valence-electron chi connectivity index (χ4n) is 6.76. The summed E-state index contributed by atoms with van der Waals surface area (Å²) in [5.74, 6) is 1.56. The minimum absolute atomic E-state index is 0. The van der Waals surface area contributed by atoms with Gasteiger partial charge in [-0.15, -0.1) is 19.1 Å². The number of nitrogens with zero attached hydrogens (tertiary/aromatic N) is 2. The first kappa shape index (κ1) is 42.8. The summed E-state index contributed by atoms with van der Waals surface area (Å²) in [6.45, 7) is 28.5. The SMILES string of the molecule is CC[Si](CC)(C1=C(C)C(C)=[C-]C1C)c1cc(C)cc(C(C)(C)C)c1OC.[CH2-]c1ccccc1N(C)C.[CH2-]c1ccccc1N(C)C.[Lu+3]. The predicted molar refractivity (Wildman–Crippen MR) is 208 cm³/mol. The molecule has 0 aromatic heterocycles. The van der Waals surface area contributed by atoms with Gasteiger partial charge in [-0.05, 0) is 51.3 Å². The fraction of sp³-hybridized carbons (Fsp3) is 0.429. The van der Waals surface area contributed by atoms with Crippen LogP contribution in [-0.4, -0.2) is 43.4 Å². The zero-order valence-electron chi connectivity index (χ0n) is 31.7. The molecule has 0 aliphatic heterocycles. The molecule has 0 saturated heterocycles. The zero-order chi connectivity index (χ0) is 35.0. The summed E-state index contributed by atoms with van der Waals surface area (Å²) in [6.07, 6.45) is 3.69. The third kappa shape index (κ3) is 10.4. The molecule has 0 radical (unpaired) electrons. The van der Waals surface area contributed by atoms with Gasteiger partial charge in [-0.1, -0.05) is 120 Å². The Kier molecular flexibility index (Phi) is 16.8. The summed E-state index contributed by atoms with van der Waals surface area (Å²) in [6, 6.07) is 23.3. The largest absolute Gasteiger partial charge is 3.00 e. The average Bonchev–Trinajstić information content (AvgIpc) is 3.25. The van der Waals surface area contributed by atoms with Crippen LogP contribution in [0.15, 0.2) is 77.0 Å². The molecule has 264 valence electrons. The first-order valence-corrected chi connectivity index (χ1v) is 19.1. The van der Waals surface area contributed by atoms with Gasteiger partial charge in [0.15, 0.2) is 0 Å². The quantitative estimate of drug-likeness (QED) is 0.175. The molecule has 1 unspecified atom stereocenters. The molecule has 0 amide bonds. The van der Waals surface area contributed by atoms with Crippen molar-refractivity contribution in [2.75, 3.05) is 45.1 Å². The summed E-state index contributed by atoms with van der Waals surface area (Å²) in [5, 5.41) is 3.16. The van der Waals surface area contributed by atoms with Gasteiger partial charge in [-0.3, -0.25) is 6.08 Å². The first-order valence-electron chi connectivity index (χ1n) is 16.6. The Morgan fingerprint density at radius 2 is 1.26 bits per heavy atom. The van der Waals surface area contributed by atoms with Gasteiger partial charge in [0.05, 0.1) is 15.2 Å². The molecule has 0 fully saturated rings. The van der Waals surface area contributed by atoms with Crippen LogP contribution in [0.4, 0.5) is 11.4 Å². The minimum Gasteiger partial charge on any atom is -0.497 e. The topological polar surface area (TPSA) is 15.7 Å². The van der Waals surface area contributed by atoms with Crippen molar-refractivity contribution < 1.29 is 41.6 Å². The molecule has 3 nitrogen and oxygen atoms in total. The minimum atomic E-state index is -1.89. The number of aryl methyl sites for hydroxylation is 1. The maximum Gasteiger partial charge on any atom is 3.00 e. The monoisotopic (exact) mass is 812 g/mol. The van der Waals surface area contributed by atoms with Gasteiger partial charge in [-0.2, -0.15) is 42.3 Å². The van der Waals surface area contributed by atoms with Crippen LogP contribution in [0.1, 0.15) is 77.6 Å². The third-order valence-electron chi connectivity index (χ3n) is 9.26. The van der Waals surface area contributed by atoms with Gasteiger partial charge in [0.1, 0.15) is 5.75 Å². The van der Waals surface area contributed by atoms with E-state index in [1.165, 1.54) is 50.9 Å². The summed E-state index contributed by atoms with van der Waals surface area (Å²) >= 11 is 0. The molecule has 5 heteroatoms. The van der Waals surface area contributed by atoms with Crippen LogP contribution in [0.25, 0.3) is 0 Å². The van der Waals surface area contributed by atoms with E-state index in [0.29, 0.717) is 5.92 Å². The standard InChI is InChI=1S/C24H37OSi.2C9H12N.Lu/c1-11-26(12-2,23-18(5)15-17(4)19(23)6)21-14-16(3)13-20(22(21)25-10)24(7,8)9;2*1-8-6-4-5-7-9(8)10(2)3;/h13-14,18H,11-12H2,1-10H3;2*4-7H,1H2,2-3H3;/q3*-1;+3. The Bertz CT molecular complexity index is 1460. The van der Waals surface area contributed by atoms with Crippen molar-refractivity contribution >= 4 is 24.6 Å². The molecule has 4 rings (SSSR count). The molecular formula is C42H61LuN2OSi. The Hall–Kier alpha value is -2.27. The molecule has 3 aromatic rings. The normalized spacial score (nSPS) is 14.2. The second-order valence-electron chi connectivity index (χ2n) is 14.0. The number of allylic oxidation sites excluding steroid dienone is 4. The number of methoxy groups -OCH3 is 1. The maximum absolute atomic E-state index is 6.11. The summed E-state index contributed by atoms with van der Waals surface area (Å²) in [5.41, 5.74) is 10.1. The molecule has 1 atom stereocenters. The van der Waals surface area contributed by atoms with Crippen LogP contribution >= 0.6 is 0 Å². The molecule has 0 saturated carbocycles. The second kappa shape index (κ2) is 18.5. The number of hydrogen-bond donors (Lipinski definition) is 0. The number of anilines is 2. The molecule has 0 bridgehead atoms. The number of hydrogen-bond acceptors (Lipinski definition) is 3. The molecule has 0 spiro atoms.